The van der Waals surface area contributed by atoms with E-state index in [1.54, 1.807) is 10.8 Å². The number of carbonyl (C=O) groups excluding carboxylic acids is 1. The first kappa shape index (κ1) is 29.3. The first-order valence-corrected chi connectivity index (χ1v) is 17.3. The van der Waals surface area contributed by atoms with Gasteiger partial charge in [-0.25, -0.2) is 18.6 Å². The smallest absolute Gasteiger partial charge is 0.319 e. The molecule has 1 aromatic carbocycles. The molecule has 3 heterocycles. The number of anilines is 1. The van der Waals surface area contributed by atoms with E-state index >= 15 is 0 Å². The SMILES string of the molecule is C[Si](C)(C)CCOCn1cc(Cl)c2c(Oc3c(F)cc(NC(=O)NCCN4CCCCC4)cc3F)ccnc21. The third-order valence-corrected chi connectivity index (χ3v) is 8.52. The Morgan fingerprint density at radius 2 is 1.87 bits per heavy atom. The van der Waals surface area contributed by atoms with Gasteiger partial charge in [-0.3, -0.25) is 0 Å². The minimum absolute atomic E-state index is 0.0210. The third-order valence-electron chi connectivity index (χ3n) is 6.53. The molecule has 0 atom stereocenters. The molecule has 1 aliphatic heterocycles. The number of piperidine rings is 1. The minimum Gasteiger partial charge on any atom is -0.450 e. The van der Waals surface area contributed by atoms with E-state index < -0.39 is 31.5 Å². The summed E-state index contributed by atoms with van der Waals surface area (Å²) >= 11 is 6.45. The van der Waals surface area contributed by atoms with Gasteiger partial charge in [0.2, 0.25) is 0 Å². The molecule has 1 aliphatic rings. The molecule has 2 N–H and O–H groups in total. The van der Waals surface area contributed by atoms with Gasteiger partial charge in [0, 0.05) is 58.0 Å². The van der Waals surface area contributed by atoms with Crippen LogP contribution in [-0.2, 0) is 11.5 Å². The van der Waals surface area contributed by atoms with Crippen LogP contribution in [0.25, 0.3) is 11.0 Å². The van der Waals surface area contributed by atoms with Crippen molar-refractivity contribution in [3.63, 3.8) is 0 Å². The summed E-state index contributed by atoms with van der Waals surface area (Å²) in [5, 5.41) is 5.94. The fourth-order valence-corrected chi connectivity index (χ4v) is 5.44. The van der Waals surface area contributed by atoms with Crippen molar-refractivity contribution in [3.8, 4) is 11.5 Å². The number of fused-ring (bicyclic) bond motifs is 1. The Morgan fingerprint density at radius 3 is 2.56 bits per heavy atom. The van der Waals surface area contributed by atoms with Crippen molar-refractivity contribution in [2.45, 2.75) is 51.7 Å². The maximum absolute atomic E-state index is 14.9. The van der Waals surface area contributed by atoms with Crippen molar-refractivity contribution in [2.75, 3.05) is 38.1 Å². The summed E-state index contributed by atoms with van der Waals surface area (Å²) in [4.78, 5) is 18.9. The molecule has 0 radical (unpaired) electrons. The van der Waals surface area contributed by atoms with E-state index in [9.17, 15) is 13.6 Å². The van der Waals surface area contributed by atoms with Gasteiger partial charge in [0.25, 0.3) is 0 Å². The van der Waals surface area contributed by atoms with Crippen LogP contribution in [-0.4, -0.2) is 61.3 Å². The number of likely N-dealkylation sites (tertiary alicyclic amines) is 1. The monoisotopic (exact) mass is 579 g/mol. The van der Waals surface area contributed by atoms with Gasteiger partial charge in [-0.15, -0.1) is 0 Å². The van der Waals surface area contributed by atoms with Gasteiger partial charge in [-0.05, 0) is 38.0 Å². The molecule has 212 valence electrons. The number of rotatable bonds is 11. The van der Waals surface area contributed by atoms with Crippen molar-refractivity contribution in [3.05, 3.63) is 47.2 Å². The van der Waals surface area contributed by atoms with Crippen molar-refractivity contribution in [1.82, 2.24) is 19.8 Å². The lowest BCUT2D eigenvalue weighted by Gasteiger charge is -2.26. The molecule has 4 rings (SSSR count). The van der Waals surface area contributed by atoms with E-state index in [1.165, 1.54) is 18.7 Å². The number of hydrogen-bond acceptors (Lipinski definition) is 5. The average Bonchev–Trinajstić information content (AvgIpc) is 3.20. The van der Waals surface area contributed by atoms with Crippen LogP contribution < -0.4 is 15.4 Å². The molecule has 0 aliphatic carbocycles. The number of aromatic nitrogens is 2. The fourth-order valence-electron chi connectivity index (χ4n) is 4.39. The van der Waals surface area contributed by atoms with Crippen LogP contribution in [0.3, 0.4) is 0 Å². The lowest BCUT2D eigenvalue weighted by atomic mass is 10.1. The Kier molecular flexibility index (Phi) is 9.81. The Labute approximate surface area is 233 Å². The zero-order chi connectivity index (χ0) is 28.0. The van der Waals surface area contributed by atoms with Crippen molar-refractivity contribution in [2.24, 2.45) is 0 Å². The summed E-state index contributed by atoms with van der Waals surface area (Å²) < 4.78 is 43.1. The second kappa shape index (κ2) is 13.1. The normalized spacial score (nSPS) is 14.5. The molecule has 12 heteroatoms. The maximum atomic E-state index is 14.9. The Hall–Kier alpha value is -2.73. The predicted octanol–water partition coefficient (Wildman–Crippen LogP) is 6.68. The summed E-state index contributed by atoms with van der Waals surface area (Å²) in [7, 11) is -1.23. The number of halogens is 3. The van der Waals surface area contributed by atoms with Crippen LogP contribution in [0.15, 0.2) is 30.6 Å². The molecule has 0 saturated carbocycles. The number of amides is 2. The van der Waals surface area contributed by atoms with Gasteiger partial charge in [0.05, 0.1) is 10.4 Å². The summed E-state index contributed by atoms with van der Waals surface area (Å²) in [5.41, 5.74) is 0.457. The quantitative estimate of drug-likeness (QED) is 0.196. The van der Waals surface area contributed by atoms with Crippen LogP contribution in [0.2, 0.25) is 30.7 Å². The van der Waals surface area contributed by atoms with Gasteiger partial charge >= 0.3 is 6.03 Å². The largest absolute Gasteiger partial charge is 0.450 e. The lowest BCUT2D eigenvalue weighted by Crippen LogP contribution is -2.39. The molecule has 0 spiro atoms. The summed E-state index contributed by atoms with van der Waals surface area (Å²) in [6, 6.07) is 4.01. The molecular formula is C27H36ClF2N5O3Si. The number of carbonyl (C=O) groups is 1. The number of urea groups is 1. The highest BCUT2D eigenvalue weighted by molar-refractivity contribution is 6.76. The Morgan fingerprint density at radius 1 is 1.15 bits per heavy atom. The first-order chi connectivity index (χ1) is 18.6. The molecule has 0 unspecified atom stereocenters. The molecule has 3 aromatic rings. The summed E-state index contributed by atoms with van der Waals surface area (Å²) in [5.74, 6) is -2.38. The number of nitrogens with zero attached hydrogens (tertiary/aromatic N) is 3. The molecule has 2 aromatic heterocycles. The highest BCUT2D eigenvalue weighted by atomic mass is 35.5. The van der Waals surface area contributed by atoms with Gasteiger partial charge < -0.3 is 29.6 Å². The van der Waals surface area contributed by atoms with Crippen LogP contribution >= 0.6 is 11.6 Å². The predicted molar refractivity (Wildman–Crippen MR) is 153 cm³/mol. The van der Waals surface area contributed by atoms with Crippen molar-refractivity contribution < 1.29 is 23.0 Å². The van der Waals surface area contributed by atoms with E-state index in [1.807, 2.05) is 0 Å². The van der Waals surface area contributed by atoms with E-state index in [0.29, 0.717) is 29.2 Å². The molecule has 0 bridgehead atoms. The molecular weight excluding hydrogens is 544 g/mol. The number of nitrogens with one attached hydrogen (secondary N) is 2. The molecule has 8 nitrogen and oxygen atoms in total. The van der Waals surface area contributed by atoms with Gasteiger partial charge in [-0.2, -0.15) is 0 Å². The summed E-state index contributed by atoms with van der Waals surface area (Å²) in [6.45, 7) is 10.9. The molecule has 39 heavy (non-hydrogen) atoms. The zero-order valence-electron chi connectivity index (χ0n) is 22.7. The highest BCUT2D eigenvalue weighted by Gasteiger charge is 2.20. The van der Waals surface area contributed by atoms with Crippen LogP contribution in [0.5, 0.6) is 11.5 Å². The second-order valence-electron chi connectivity index (χ2n) is 11.0. The number of benzene rings is 1. The van der Waals surface area contributed by atoms with Crippen molar-refractivity contribution >= 4 is 42.4 Å². The van der Waals surface area contributed by atoms with Crippen LogP contribution in [0.1, 0.15) is 19.3 Å². The topological polar surface area (TPSA) is 80.6 Å². The van der Waals surface area contributed by atoms with Gasteiger partial charge in [0.15, 0.2) is 17.4 Å². The van der Waals surface area contributed by atoms with Gasteiger partial charge in [0.1, 0.15) is 18.1 Å². The second-order valence-corrected chi connectivity index (χ2v) is 17.0. The van der Waals surface area contributed by atoms with Gasteiger partial charge in [-0.1, -0.05) is 37.7 Å². The van der Waals surface area contributed by atoms with Crippen LogP contribution in [0, 0.1) is 11.6 Å². The highest BCUT2D eigenvalue weighted by Crippen LogP contribution is 2.37. The standard InChI is InChI=1S/C27H36ClF2N5O3Si/c1-39(2,3)14-13-37-18-35-17-20(28)24-23(7-8-31-26(24)35)38-25-21(29)15-19(16-22(25)30)33-27(36)32-9-12-34-10-5-4-6-11-34/h7-8,15-17H,4-6,9-14,18H2,1-3H3,(H2,32,33,36). The van der Waals surface area contributed by atoms with E-state index in [-0.39, 0.29) is 18.2 Å². The minimum atomic E-state index is -1.23. The van der Waals surface area contributed by atoms with E-state index in [0.717, 1.165) is 50.7 Å². The van der Waals surface area contributed by atoms with E-state index in [4.69, 9.17) is 21.1 Å². The number of pyridine rings is 1. The number of hydrogen-bond donors (Lipinski definition) is 2. The lowest BCUT2D eigenvalue weighted by molar-refractivity contribution is 0.0899. The average molecular weight is 580 g/mol. The number of ether oxygens (including phenoxy) is 2. The molecule has 2 amide bonds. The Bertz CT molecular complexity index is 1270. The summed E-state index contributed by atoms with van der Waals surface area (Å²) in [6.07, 6.45) is 6.70. The van der Waals surface area contributed by atoms with E-state index in [2.05, 4.69) is 40.2 Å². The Balaban J connectivity index is 1.40. The molecule has 1 saturated heterocycles. The third kappa shape index (κ3) is 8.13. The van der Waals surface area contributed by atoms with Crippen LogP contribution in [0.4, 0.5) is 19.3 Å². The first-order valence-electron chi connectivity index (χ1n) is 13.3. The molecule has 1 fully saturated rings. The zero-order valence-corrected chi connectivity index (χ0v) is 24.4. The maximum Gasteiger partial charge on any atom is 0.319 e. The van der Waals surface area contributed by atoms with Crippen molar-refractivity contribution in [1.29, 1.82) is 0 Å². The fraction of sp³-hybridized carbons (Fsp3) is 0.481.